The molecule has 18 heavy (non-hydrogen) atoms. The number of hydrogen-bond acceptors (Lipinski definition) is 3. The van der Waals surface area contributed by atoms with Gasteiger partial charge in [-0.15, -0.1) is 0 Å². The van der Waals surface area contributed by atoms with Crippen molar-refractivity contribution in [2.45, 2.75) is 19.8 Å². The molecule has 4 heteroatoms. The van der Waals surface area contributed by atoms with Crippen LogP contribution in [0.15, 0.2) is 24.3 Å². The molecule has 0 bridgehead atoms. The Morgan fingerprint density at radius 2 is 2.11 bits per heavy atom. The van der Waals surface area contributed by atoms with Gasteiger partial charge < -0.3 is 15.2 Å². The van der Waals surface area contributed by atoms with Crippen LogP contribution in [0, 0.1) is 5.41 Å². The number of rotatable bonds is 5. The van der Waals surface area contributed by atoms with E-state index in [4.69, 9.17) is 4.74 Å². The zero-order valence-electron chi connectivity index (χ0n) is 10.8. The van der Waals surface area contributed by atoms with E-state index in [2.05, 4.69) is 25.2 Å². The molecule has 98 valence electrons. The number of aliphatic carboxylic acids is 1. The second-order valence-electron chi connectivity index (χ2n) is 5.17. The van der Waals surface area contributed by atoms with Crippen molar-refractivity contribution < 1.29 is 14.6 Å². The molecule has 1 saturated heterocycles. The SMILES string of the molecule is CC(C)c1ccccc1NCC1(C(=O)O)COC1. The van der Waals surface area contributed by atoms with Crippen LogP contribution in [-0.4, -0.2) is 30.8 Å². The molecule has 1 aliphatic heterocycles. The van der Waals surface area contributed by atoms with Gasteiger partial charge in [0.15, 0.2) is 0 Å². The Hall–Kier alpha value is -1.55. The van der Waals surface area contributed by atoms with Gasteiger partial charge in [-0.2, -0.15) is 0 Å². The lowest BCUT2D eigenvalue weighted by Gasteiger charge is -2.37. The van der Waals surface area contributed by atoms with Crippen molar-refractivity contribution in [1.29, 1.82) is 0 Å². The van der Waals surface area contributed by atoms with E-state index in [9.17, 15) is 9.90 Å². The van der Waals surface area contributed by atoms with Crippen LogP contribution >= 0.6 is 0 Å². The van der Waals surface area contributed by atoms with Crippen LogP contribution in [0.1, 0.15) is 25.3 Å². The number of para-hydroxylation sites is 1. The molecule has 1 aliphatic rings. The van der Waals surface area contributed by atoms with Crippen LogP contribution in [0.5, 0.6) is 0 Å². The number of ether oxygens (including phenoxy) is 1. The third kappa shape index (κ3) is 2.34. The second-order valence-corrected chi connectivity index (χ2v) is 5.17. The standard InChI is InChI=1S/C14H19NO3/c1-10(2)11-5-3-4-6-12(11)15-7-14(13(16)17)8-18-9-14/h3-6,10,15H,7-9H2,1-2H3,(H,16,17). The predicted molar refractivity (Wildman–Crippen MR) is 69.9 cm³/mol. The van der Waals surface area contributed by atoms with Crippen molar-refractivity contribution >= 4 is 11.7 Å². The van der Waals surface area contributed by atoms with Gasteiger partial charge in [-0.1, -0.05) is 32.0 Å². The summed E-state index contributed by atoms with van der Waals surface area (Å²) >= 11 is 0. The molecule has 1 aromatic rings. The number of hydrogen-bond donors (Lipinski definition) is 2. The lowest BCUT2D eigenvalue weighted by molar-refractivity contribution is -0.176. The molecule has 0 spiro atoms. The largest absolute Gasteiger partial charge is 0.481 e. The first kappa shape index (κ1) is 12.9. The van der Waals surface area contributed by atoms with E-state index >= 15 is 0 Å². The molecule has 0 radical (unpaired) electrons. The zero-order valence-corrected chi connectivity index (χ0v) is 10.8. The third-order valence-electron chi connectivity index (χ3n) is 3.41. The normalized spacial score (nSPS) is 17.3. The maximum Gasteiger partial charge on any atom is 0.316 e. The van der Waals surface area contributed by atoms with Crippen LogP contribution in [-0.2, 0) is 9.53 Å². The summed E-state index contributed by atoms with van der Waals surface area (Å²) in [4.78, 5) is 11.2. The number of carbonyl (C=O) groups is 1. The quantitative estimate of drug-likeness (QED) is 0.840. The molecular formula is C14H19NO3. The first-order valence-electron chi connectivity index (χ1n) is 6.19. The van der Waals surface area contributed by atoms with Crippen molar-refractivity contribution in [3.8, 4) is 0 Å². The van der Waals surface area contributed by atoms with Crippen LogP contribution < -0.4 is 5.32 Å². The van der Waals surface area contributed by atoms with Crippen LogP contribution in [0.3, 0.4) is 0 Å². The summed E-state index contributed by atoms with van der Waals surface area (Å²) in [6.45, 7) is 5.24. The molecule has 1 aromatic carbocycles. The van der Waals surface area contributed by atoms with Crippen molar-refractivity contribution in [1.82, 2.24) is 0 Å². The minimum Gasteiger partial charge on any atom is -0.481 e. The highest BCUT2D eigenvalue weighted by Gasteiger charge is 2.46. The smallest absolute Gasteiger partial charge is 0.316 e. The molecule has 2 rings (SSSR count). The summed E-state index contributed by atoms with van der Waals surface area (Å²) in [5.74, 6) is -0.379. The third-order valence-corrected chi connectivity index (χ3v) is 3.41. The fourth-order valence-corrected chi connectivity index (χ4v) is 2.08. The van der Waals surface area contributed by atoms with Gasteiger partial charge in [0, 0.05) is 12.2 Å². The Labute approximate surface area is 107 Å². The molecule has 1 fully saturated rings. The van der Waals surface area contributed by atoms with Crippen LogP contribution in [0.2, 0.25) is 0 Å². The highest BCUT2D eigenvalue weighted by molar-refractivity contribution is 5.77. The van der Waals surface area contributed by atoms with E-state index in [1.54, 1.807) is 0 Å². The summed E-state index contributed by atoms with van der Waals surface area (Å²) in [6, 6.07) is 8.01. The minimum absolute atomic E-state index is 0.291. The second kappa shape index (κ2) is 4.98. The van der Waals surface area contributed by atoms with Gasteiger partial charge in [-0.25, -0.2) is 0 Å². The molecule has 0 atom stereocenters. The van der Waals surface area contributed by atoms with Gasteiger partial charge in [-0.05, 0) is 17.5 Å². The van der Waals surface area contributed by atoms with E-state index in [0.29, 0.717) is 25.7 Å². The van der Waals surface area contributed by atoms with Crippen molar-refractivity contribution in [3.63, 3.8) is 0 Å². The summed E-state index contributed by atoms with van der Waals surface area (Å²) in [6.07, 6.45) is 0. The Kier molecular flexibility index (Phi) is 3.57. The van der Waals surface area contributed by atoms with Gasteiger partial charge in [0.05, 0.1) is 13.2 Å². The number of anilines is 1. The van der Waals surface area contributed by atoms with E-state index in [1.807, 2.05) is 18.2 Å². The van der Waals surface area contributed by atoms with Crippen molar-refractivity contribution in [2.24, 2.45) is 5.41 Å². The lowest BCUT2D eigenvalue weighted by Crippen LogP contribution is -2.53. The van der Waals surface area contributed by atoms with E-state index < -0.39 is 11.4 Å². The monoisotopic (exact) mass is 249 g/mol. The zero-order chi connectivity index (χ0) is 13.2. The lowest BCUT2D eigenvalue weighted by atomic mass is 9.86. The number of carboxylic acid groups (broad SMARTS) is 1. The van der Waals surface area contributed by atoms with Gasteiger partial charge in [0.1, 0.15) is 5.41 Å². The topological polar surface area (TPSA) is 58.6 Å². The minimum atomic E-state index is -0.789. The van der Waals surface area contributed by atoms with Gasteiger partial charge in [0.25, 0.3) is 0 Å². The summed E-state index contributed by atoms with van der Waals surface area (Å²) in [5, 5.41) is 12.5. The number of carboxylic acids is 1. The van der Waals surface area contributed by atoms with E-state index in [-0.39, 0.29) is 0 Å². The average molecular weight is 249 g/mol. The molecule has 4 nitrogen and oxygen atoms in total. The van der Waals surface area contributed by atoms with Gasteiger partial charge in [0.2, 0.25) is 0 Å². The molecule has 0 unspecified atom stereocenters. The number of nitrogens with one attached hydrogen (secondary N) is 1. The Morgan fingerprint density at radius 3 is 2.61 bits per heavy atom. The van der Waals surface area contributed by atoms with Gasteiger partial charge in [-0.3, -0.25) is 4.79 Å². The molecule has 1 heterocycles. The fraction of sp³-hybridized carbons (Fsp3) is 0.500. The predicted octanol–water partition coefficient (Wildman–Crippen LogP) is 2.32. The van der Waals surface area contributed by atoms with E-state index in [1.165, 1.54) is 5.56 Å². The first-order chi connectivity index (χ1) is 8.55. The van der Waals surface area contributed by atoms with Crippen molar-refractivity contribution in [2.75, 3.05) is 25.1 Å². The maximum atomic E-state index is 11.2. The van der Waals surface area contributed by atoms with Crippen molar-refractivity contribution in [3.05, 3.63) is 29.8 Å². The molecule has 0 amide bonds. The highest BCUT2D eigenvalue weighted by Crippen LogP contribution is 2.30. The summed E-state index contributed by atoms with van der Waals surface area (Å²) in [7, 11) is 0. The Balaban J connectivity index is 2.08. The van der Waals surface area contributed by atoms with Gasteiger partial charge >= 0.3 is 5.97 Å². The van der Waals surface area contributed by atoms with Crippen LogP contribution in [0.25, 0.3) is 0 Å². The summed E-state index contributed by atoms with van der Waals surface area (Å²) in [5.41, 5.74) is 1.46. The number of benzene rings is 1. The summed E-state index contributed by atoms with van der Waals surface area (Å²) < 4.78 is 5.04. The Morgan fingerprint density at radius 1 is 1.44 bits per heavy atom. The Bertz CT molecular complexity index is 438. The molecule has 0 saturated carbocycles. The molecule has 0 aromatic heterocycles. The maximum absolute atomic E-state index is 11.2. The van der Waals surface area contributed by atoms with Crippen LogP contribution in [0.4, 0.5) is 5.69 Å². The fourth-order valence-electron chi connectivity index (χ4n) is 2.08. The average Bonchev–Trinajstić information content (AvgIpc) is 2.27. The van der Waals surface area contributed by atoms with E-state index in [0.717, 1.165) is 5.69 Å². The molecule has 2 N–H and O–H groups in total. The molecular weight excluding hydrogens is 230 g/mol. The first-order valence-corrected chi connectivity index (χ1v) is 6.19. The molecule has 0 aliphatic carbocycles. The highest BCUT2D eigenvalue weighted by atomic mass is 16.5.